The van der Waals surface area contributed by atoms with Crippen LogP contribution >= 0.6 is 0 Å². The average molecular weight is 662 g/mol. The summed E-state index contributed by atoms with van der Waals surface area (Å²) in [6, 6.07) is 0.0845. The second-order valence-corrected chi connectivity index (χ2v) is 9.82. The third-order valence-electron chi connectivity index (χ3n) is 7.00. The fourth-order valence-corrected chi connectivity index (χ4v) is 4.85. The Morgan fingerprint density at radius 3 is 2.69 bits per heavy atom. The molecule has 1 saturated carbocycles. The molecule has 1 saturated heterocycles. The van der Waals surface area contributed by atoms with Crippen LogP contribution < -0.4 is 9.64 Å². The quantitative estimate of drug-likeness (QED) is 0.389. The molecule has 7 nitrogen and oxygen atoms in total. The first-order valence-corrected chi connectivity index (χ1v) is 10.7. The van der Waals surface area contributed by atoms with E-state index in [-0.39, 0.29) is 72.4 Å². The van der Waals surface area contributed by atoms with E-state index < -0.39 is 11.4 Å². The molecule has 0 radical (unpaired) electrons. The van der Waals surface area contributed by atoms with Gasteiger partial charge in [0, 0.05) is 56.3 Å². The Morgan fingerprint density at radius 2 is 2.09 bits per heavy atom. The summed E-state index contributed by atoms with van der Waals surface area (Å²) in [7, 11) is 0. The predicted octanol–water partition coefficient (Wildman–Crippen LogP) is 3.16. The van der Waals surface area contributed by atoms with Crippen molar-refractivity contribution in [2.75, 3.05) is 24.5 Å². The van der Waals surface area contributed by atoms with Gasteiger partial charge in [-0.15, -0.1) is 0 Å². The van der Waals surface area contributed by atoms with Crippen LogP contribution in [0.4, 0.5) is 10.2 Å². The van der Waals surface area contributed by atoms with E-state index in [1.165, 1.54) is 0 Å². The SMILES string of the molecule is [CH2-]C1(C)CC1(CC)COc1nc(N2CB(C#N)CC(C)(O)C2)c2cnc(C)c(F)c2n1.[U]. The summed E-state index contributed by atoms with van der Waals surface area (Å²) in [4.78, 5) is 14.9. The van der Waals surface area contributed by atoms with Gasteiger partial charge in [0.05, 0.1) is 23.3 Å². The van der Waals surface area contributed by atoms with Crippen LogP contribution in [0.1, 0.15) is 39.3 Å². The molecule has 0 aromatic carbocycles. The van der Waals surface area contributed by atoms with Gasteiger partial charge in [-0.05, 0) is 32.0 Å². The number of pyridine rings is 1. The van der Waals surface area contributed by atoms with Gasteiger partial charge in [-0.1, -0.05) is 20.3 Å². The number of aromatic nitrogens is 3. The average Bonchev–Trinajstić information content (AvgIpc) is 3.28. The summed E-state index contributed by atoms with van der Waals surface area (Å²) in [6.45, 7) is 12.1. The van der Waals surface area contributed by atoms with Gasteiger partial charge in [0.2, 0.25) is 0 Å². The zero-order chi connectivity index (χ0) is 22.6. The molecule has 168 valence electrons. The van der Waals surface area contributed by atoms with E-state index in [4.69, 9.17) is 4.74 Å². The third-order valence-corrected chi connectivity index (χ3v) is 7.00. The summed E-state index contributed by atoms with van der Waals surface area (Å²) < 4.78 is 21.0. The molecular weight excluding hydrogens is 634 g/mol. The van der Waals surface area contributed by atoms with Crippen molar-refractivity contribution >= 4 is 23.4 Å². The topological polar surface area (TPSA) is 95.2 Å². The van der Waals surface area contributed by atoms with E-state index in [0.29, 0.717) is 30.6 Å². The van der Waals surface area contributed by atoms with Crippen LogP contribution in [0, 0.1) is 72.8 Å². The number of anilines is 1. The zero-order valence-corrected chi connectivity index (χ0v) is 23.2. The van der Waals surface area contributed by atoms with E-state index in [9.17, 15) is 14.8 Å². The molecule has 3 unspecified atom stereocenters. The first-order valence-electron chi connectivity index (χ1n) is 10.7. The minimum Gasteiger partial charge on any atom is -0.463 e. The molecule has 0 bridgehead atoms. The van der Waals surface area contributed by atoms with Gasteiger partial charge in [0.1, 0.15) is 11.3 Å². The molecule has 0 spiro atoms. The number of aliphatic hydroxyl groups is 1. The number of fused-ring (bicyclic) bond motifs is 1. The van der Waals surface area contributed by atoms with Crippen molar-refractivity contribution < 1.29 is 45.3 Å². The molecule has 4 rings (SSSR count). The number of rotatable bonds is 5. The molecule has 1 N–H and O–H groups in total. The summed E-state index contributed by atoms with van der Waals surface area (Å²) in [5.41, 5.74) is -0.799. The monoisotopic (exact) mass is 662 g/mol. The molecule has 0 amide bonds. The van der Waals surface area contributed by atoms with Crippen molar-refractivity contribution in [2.45, 2.75) is 52.5 Å². The fourth-order valence-electron chi connectivity index (χ4n) is 4.85. The molecule has 1 aliphatic heterocycles. The van der Waals surface area contributed by atoms with Crippen LogP contribution in [-0.4, -0.2) is 52.0 Å². The third kappa shape index (κ3) is 4.49. The molecule has 2 aromatic heterocycles. The molecule has 2 fully saturated rings. The van der Waals surface area contributed by atoms with Crippen LogP contribution in [0.3, 0.4) is 0 Å². The summed E-state index contributed by atoms with van der Waals surface area (Å²) >= 11 is 0. The van der Waals surface area contributed by atoms with Crippen LogP contribution in [0.5, 0.6) is 6.01 Å². The number of ether oxygens (including phenoxy) is 1. The molecular formula is C22H28BFN5O2U-. The van der Waals surface area contributed by atoms with Gasteiger partial charge in [-0.25, -0.2) is 9.65 Å². The fraction of sp³-hybridized carbons (Fsp3) is 0.591. The molecule has 10 heteroatoms. The van der Waals surface area contributed by atoms with Crippen LogP contribution in [0.15, 0.2) is 6.20 Å². The largest absolute Gasteiger partial charge is 0.463 e. The summed E-state index contributed by atoms with van der Waals surface area (Å²) in [5, 5.41) is 20.6. The van der Waals surface area contributed by atoms with E-state index in [0.717, 1.165) is 12.8 Å². The minimum atomic E-state index is -1.07. The smallest absolute Gasteiger partial charge is 0.319 e. The van der Waals surface area contributed by atoms with E-state index in [1.807, 2.05) is 4.90 Å². The molecule has 3 atom stereocenters. The number of β-amino-alcohol motifs (C(OH)–C–C–N with tert-alkyl or cyclic N) is 1. The second kappa shape index (κ2) is 8.74. The standard InChI is InChI=1S/C22H28BFN5O2.U/c1-6-22(8-20(22,3)4)11-31-19-27-17-15(7-26-14(2)16(17)24)18(28-19)29-10-21(5,30)9-23(12-25)13-29;/h7,30H,3,6,8-11,13H2,1-2,4-5H3;/q-1;. The molecule has 1 aliphatic carbocycles. The van der Waals surface area contributed by atoms with E-state index in [2.05, 4.69) is 41.7 Å². The maximum Gasteiger partial charge on any atom is 0.319 e. The molecule has 2 aromatic rings. The van der Waals surface area contributed by atoms with Gasteiger partial charge >= 0.3 is 6.01 Å². The first-order chi connectivity index (χ1) is 14.5. The maximum absolute atomic E-state index is 15.0. The van der Waals surface area contributed by atoms with Crippen LogP contribution in [-0.2, 0) is 0 Å². The van der Waals surface area contributed by atoms with E-state index >= 15 is 0 Å². The number of nitriles is 1. The van der Waals surface area contributed by atoms with Crippen molar-refractivity contribution in [3.05, 3.63) is 24.6 Å². The predicted molar refractivity (Wildman–Crippen MR) is 117 cm³/mol. The maximum atomic E-state index is 15.0. The van der Waals surface area contributed by atoms with E-state index in [1.54, 1.807) is 20.0 Å². The summed E-state index contributed by atoms with van der Waals surface area (Å²) in [5.74, 6) is 2.14. The molecule has 2 aliphatic rings. The van der Waals surface area contributed by atoms with Gasteiger partial charge in [0.25, 0.3) is 6.71 Å². The summed E-state index contributed by atoms with van der Waals surface area (Å²) in [6.07, 6.45) is 4.17. The number of hydrogen-bond donors (Lipinski definition) is 1. The number of hydrogen-bond acceptors (Lipinski definition) is 7. The van der Waals surface area contributed by atoms with Crippen molar-refractivity contribution in [3.63, 3.8) is 0 Å². The van der Waals surface area contributed by atoms with Gasteiger partial charge in [0.15, 0.2) is 5.82 Å². The van der Waals surface area contributed by atoms with Crippen molar-refractivity contribution in [1.29, 1.82) is 5.26 Å². The van der Waals surface area contributed by atoms with Crippen molar-refractivity contribution in [2.24, 2.45) is 10.8 Å². The van der Waals surface area contributed by atoms with Crippen LogP contribution in [0.2, 0.25) is 6.32 Å². The van der Waals surface area contributed by atoms with Crippen molar-refractivity contribution in [3.8, 4) is 12.0 Å². The Kier molecular flexibility index (Phi) is 6.89. The minimum absolute atomic E-state index is 0. The van der Waals surface area contributed by atoms with Crippen molar-refractivity contribution in [1.82, 2.24) is 15.0 Å². The molecule has 3 heterocycles. The normalized spacial score (nSPS) is 29.4. The first kappa shape index (κ1) is 25.2. The Labute approximate surface area is 212 Å². The number of nitrogens with zero attached hydrogens (tertiary/aromatic N) is 5. The number of aryl methyl sites for hydroxylation is 1. The Morgan fingerprint density at radius 1 is 1.41 bits per heavy atom. The Hall–Kier alpha value is -1.41. The Balaban J connectivity index is 0.00000289. The van der Waals surface area contributed by atoms with Gasteiger partial charge in [-0.2, -0.15) is 15.4 Å². The van der Waals surface area contributed by atoms with Gasteiger partial charge < -0.3 is 21.7 Å². The van der Waals surface area contributed by atoms with Crippen LogP contribution in [0.25, 0.3) is 10.9 Å². The number of halogens is 1. The second-order valence-electron chi connectivity index (χ2n) is 9.82. The van der Waals surface area contributed by atoms with Gasteiger partial charge in [-0.3, -0.25) is 4.98 Å². The zero-order valence-electron chi connectivity index (χ0n) is 19.1. The Bertz CT molecular complexity index is 1080. The molecule has 32 heavy (non-hydrogen) atoms.